The van der Waals surface area contributed by atoms with Crippen molar-refractivity contribution in [1.29, 1.82) is 0 Å². The van der Waals surface area contributed by atoms with Crippen molar-refractivity contribution in [2.45, 2.75) is 26.3 Å². The van der Waals surface area contributed by atoms with Gasteiger partial charge in [-0.25, -0.2) is 4.79 Å². The first-order chi connectivity index (χ1) is 21.5. The number of fused-ring (bicyclic) bond motifs is 1. The fourth-order valence-electron chi connectivity index (χ4n) is 5.76. The molecule has 44 heavy (non-hydrogen) atoms. The van der Waals surface area contributed by atoms with Gasteiger partial charge in [-0.05, 0) is 70.5 Å². The van der Waals surface area contributed by atoms with Gasteiger partial charge < -0.3 is 9.73 Å². The average molecular weight is 576 g/mol. The molecule has 0 aliphatic rings. The second kappa shape index (κ2) is 12.8. The lowest BCUT2D eigenvalue weighted by atomic mass is 9.85. The Hall–Kier alpha value is -5.48. The highest BCUT2D eigenvalue weighted by molar-refractivity contribution is 6.04. The van der Waals surface area contributed by atoms with E-state index in [-0.39, 0.29) is 17.5 Å². The van der Waals surface area contributed by atoms with Crippen LogP contribution >= 0.6 is 0 Å². The average Bonchev–Trinajstić information content (AvgIpc) is 3.04. The van der Waals surface area contributed by atoms with Crippen LogP contribution in [0.2, 0.25) is 0 Å². The standard InChI is InChI=1S/C40H33NO3/c1-27-24-38(43)44-37-26-34(22-23-35(27)37)41-36(25-28(2)42)29-18-20-33(21-19-29)40(32-16-10-5-11-17-32)39(30-12-6-3-7-13-30)31-14-8-4-9-15-31/h3-24,26,36,41H,25H2,1-2H3/t36-/m1/s1. The van der Waals surface area contributed by atoms with E-state index in [0.29, 0.717) is 12.0 Å². The topological polar surface area (TPSA) is 59.3 Å². The fraction of sp³-hybridized carbons (Fsp3) is 0.100. The summed E-state index contributed by atoms with van der Waals surface area (Å²) in [5.74, 6) is 0.0788. The largest absolute Gasteiger partial charge is 0.423 e. The SMILES string of the molecule is CC(=O)C[C@@H](Nc1ccc2c(C)cc(=O)oc2c1)c1ccc(C(=C(c2ccccc2)c2ccccc2)c2ccccc2)cc1. The second-order valence-electron chi connectivity index (χ2n) is 11.0. The van der Waals surface area contributed by atoms with Crippen molar-refractivity contribution >= 4 is 33.6 Å². The summed E-state index contributed by atoms with van der Waals surface area (Å²) in [7, 11) is 0. The summed E-state index contributed by atoms with van der Waals surface area (Å²) in [6.45, 7) is 3.50. The third kappa shape index (κ3) is 6.30. The summed E-state index contributed by atoms with van der Waals surface area (Å²) in [4.78, 5) is 24.4. The number of hydrogen-bond acceptors (Lipinski definition) is 4. The van der Waals surface area contributed by atoms with E-state index in [2.05, 4.69) is 102 Å². The van der Waals surface area contributed by atoms with Crippen LogP contribution in [0.4, 0.5) is 5.69 Å². The van der Waals surface area contributed by atoms with E-state index < -0.39 is 0 Å². The first-order valence-corrected chi connectivity index (χ1v) is 14.8. The number of ketones is 1. The van der Waals surface area contributed by atoms with E-state index >= 15 is 0 Å². The van der Waals surface area contributed by atoms with Crippen LogP contribution in [0.5, 0.6) is 0 Å². The van der Waals surface area contributed by atoms with Crippen molar-refractivity contribution in [1.82, 2.24) is 0 Å². The molecule has 0 bridgehead atoms. The molecule has 0 unspecified atom stereocenters. The summed E-state index contributed by atoms with van der Waals surface area (Å²) >= 11 is 0. The molecule has 0 amide bonds. The molecule has 0 aliphatic carbocycles. The molecule has 0 saturated carbocycles. The molecular weight excluding hydrogens is 542 g/mol. The van der Waals surface area contributed by atoms with Gasteiger partial charge in [-0.3, -0.25) is 4.79 Å². The molecule has 1 aromatic heterocycles. The summed E-state index contributed by atoms with van der Waals surface area (Å²) in [6, 6.07) is 46.9. The molecular formula is C40H33NO3. The molecule has 1 atom stereocenters. The predicted molar refractivity (Wildman–Crippen MR) is 180 cm³/mol. The van der Waals surface area contributed by atoms with Crippen LogP contribution < -0.4 is 10.9 Å². The number of hydrogen-bond donors (Lipinski definition) is 1. The maximum Gasteiger partial charge on any atom is 0.336 e. The van der Waals surface area contributed by atoms with Crippen molar-refractivity contribution < 1.29 is 9.21 Å². The number of nitrogens with one attached hydrogen (secondary N) is 1. The molecule has 0 fully saturated rings. The Bertz CT molecular complexity index is 1950. The Kier molecular flexibility index (Phi) is 8.33. The van der Waals surface area contributed by atoms with Crippen LogP contribution in [-0.4, -0.2) is 5.78 Å². The zero-order chi connectivity index (χ0) is 30.5. The predicted octanol–water partition coefficient (Wildman–Crippen LogP) is 9.24. The third-order valence-corrected chi connectivity index (χ3v) is 7.82. The van der Waals surface area contributed by atoms with Crippen molar-refractivity contribution in [2.75, 3.05) is 5.32 Å². The molecule has 216 valence electrons. The molecule has 6 rings (SSSR count). The molecule has 0 spiro atoms. The number of benzene rings is 5. The molecule has 1 heterocycles. The van der Waals surface area contributed by atoms with E-state index in [1.54, 1.807) is 6.92 Å². The second-order valence-corrected chi connectivity index (χ2v) is 11.0. The molecule has 5 aromatic carbocycles. The zero-order valence-electron chi connectivity index (χ0n) is 24.8. The van der Waals surface area contributed by atoms with Gasteiger partial charge in [-0.1, -0.05) is 115 Å². The number of Topliss-reactive ketones (excluding diaryl/α,β-unsaturated/α-hetero) is 1. The van der Waals surface area contributed by atoms with Crippen molar-refractivity contribution in [3.63, 3.8) is 0 Å². The first-order valence-electron chi connectivity index (χ1n) is 14.8. The lowest BCUT2D eigenvalue weighted by molar-refractivity contribution is -0.117. The maximum atomic E-state index is 12.4. The smallest absolute Gasteiger partial charge is 0.336 e. The Morgan fingerprint density at radius 3 is 1.66 bits per heavy atom. The molecule has 0 saturated heterocycles. The summed E-state index contributed by atoms with van der Waals surface area (Å²) in [6.07, 6.45) is 0.315. The lowest BCUT2D eigenvalue weighted by Crippen LogP contribution is -2.14. The van der Waals surface area contributed by atoms with Gasteiger partial charge in [0.1, 0.15) is 11.4 Å². The minimum atomic E-state index is -0.379. The molecule has 0 aliphatic heterocycles. The summed E-state index contributed by atoms with van der Waals surface area (Å²) in [5, 5.41) is 4.40. The van der Waals surface area contributed by atoms with Gasteiger partial charge in [0.15, 0.2) is 0 Å². The van der Waals surface area contributed by atoms with Crippen LogP contribution in [0.25, 0.3) is 22.1 Å². The lowest BCUT2D eigenvalue weighted by Gasteiger charge is -2.21. The van der Waals surface area contributed by atoms with Crippen LogP contribution in [0, 0.1) is 6.92 Å². The van der Waals surface area contributed by atoms with Crippen molar-refractivity contribution in [3.05, 3.63) is 183 Å². The highest BCUT2D eigenvalue weighted by Gasteiger charge is 2.19. The number of rotatable bonds is 9. The van der Waals surface area contributed by atoms with E-state index in [4.69, 9.17) is 4.42 Å². The Morgan fingerprint density at radius 1 is 0.659 bits per heavy atom. The monoisotopic (exact) mass is 575 g/mol. The van der Waals surface area contributed by atoms with E-state index in [1.807, 2.05) is 43.3 Å². The van der Waals surface area contributed by atoms with E-state index in [0.717, 1.165) is 55.6 Å². The van der Waals surface area contributed by atoms with Gasteiger partial charge in [0.2, 0.25) is 0 Å². The van der Waals surface area contributed by atoms with Crippen LogP contribution in [0.15, 0.2) is 149 Å². The minimum Gasteiger partial charge on any atom is -0.423 e. The minimum absolute atomic E-state index is 0.0788. The maximum absolute atomic E-state index is 12.4. The van der Waals surface area contributed by atoms with Gasteiger partial charge >= 0.3 is 5.63 Å². The molecule has 4 nitrogen and oxygen atoms in total. The summed E-state index contributed by atoms with van der Waals surface area (Å²) in [5.41, 5.74) is 9.52. The number of aryl methyl sites for hydroxylation is 1. The van der Waals surface area contributed by atoms with Gasteiger partial charge in [-0.15, -0.1) is 0 Å². The highest BCUT2D eigenvalue weighted by atomic mass is 16.4. The highest BCUT2D eigenvalue weighted by Crippen LogP contribution is 2.37. The van der Waals surface area contributed by atoms with Crippen molar-refractivity contribution in [3.8, 4) is 0 Å². The van der Waals surface area contributed by atoms with Crippen molar-refractivity contribution in [2.24, 2.45) is 0 Å². The quantitative estimate of drug-likeness (QED) is 0.138. The Balaban J connectivity index is 1.44. The third-order valence-electron chi connectivity index (χ3n) is 7.82. The van der Waals surface area contributed by atoms with Gasteiger partial charge in [0.05, 0.1) is 6.04 Å². The van der Waals surface area contributed by atoms with Gasteiger partial charge in [0.25, 0.3) is 0 Å². The molecule has 1 N–H and O–H groups in total. The Morgan fingerprint density at radius 2 is 1.16 bits per heavy atom. The molecule has 6 aromatic rings. The van der Waals surface area contributed by atoms with Gasteiger partial charge in [0, 0.05) is 29.6 Å². The van der Waals surface area contributed by atoms with E-state index in [9.17, 15) is 9.59 Å². The van der Waals surface area contributed by atoms with Crippen LogP contribution in [-0.2, 0) is 4.79 Å². The summed E-state index contributed by atoms with van der Waals surface area (Å²) < 4.78 is 5.46. The van der Waals surface area contributed by atoms with Gasteiger partial charge in [-0.2, -0.15) is 0 Å². The molecule has 4 heteroatoms. The van der Waals surface area contributed by atoms with Crippen LogP contribution in [0.3, 0.4) is 0 Å². The van der Waals surface area contributed by atoms with E-state index in [1.165, 1.54) is 6.07 Å². The molecule has 0 radical (unpaired) electrons. The normalized spacial score (nSPS) is 11.6. The zero-order valence-corrected chi connectivity index (χ0v) is 24.8. The fourth-order valence-corrected chi connectivity index (χ4v) is 5.76. The number of carbonyl (C=O) groups excluding carboxylic acids is 1. The Labute approximate surface area is 257 Å². The van der Waals surface area contributed by atoms with Crippen LogP contribution in [0.1, 0.15) is 52.8 Å². The number of carbonyl (C=O) groups is 1. The number of anilines is 1. The first kappa shape index (κ1) is 28.6.